The third-order valence-electron chi connectivity index (χ3n) is 9.49. The predicted molar refractivity (Wildman–Crippen MR) is 152 cm³/mol. The maximum absolute atomic E-state index is 12.6. The number of rotatable bonds is 18. The van der Waals surface area contributed by atoms with Crippen molar-refractivity contribution in [2.75, 3.05) is 6.61 Å². The second kappa shape index (κ2) is 13.3. The summed E-state index contributed by atoms with van der Waals surface area (Å²) in [5, 5.41) is 22.6. The van der Waals surface area contributed by atoms with Crippen LogP contribution < -0.4 is 11.2 Å². The molecule has 9 nitrogen and oxygen atoms in total. The van der Waals surface area contributed by atoms with Crippen LogP contribution in [0.25, 0.3) is 0 Å². The molecule has 40 heavy (non-hydrogen) atoms. The Morgan fingerprint density at radius 1 is 0.975 bits per heavy atom. The fourth-order valence-corrected chi connectivity index (χ4v) is 7.16. The van der Waals surface area contributed by atoms with E-state index in [0.29, 0.717) is 18.6 Å². The zero-order valence-electron chi connectivity index (χ0n) is 24.5. The summed E-state index contributed by atoms with van der Waals surface area (Å²) in [6.45, 7) is 4.22. The smallest absolute Gasteiger partial charge is 0.330 e. The van der Waals surface area contributed by atoms with E-state index in [1.165, 1.54) is 81.4 Å². The molecule has 3 N–H and O–H groups in total. The molecule has 3 aliphatic rings. The summed E-state index contributed by atoms with van der Waals surface area (Å²) in [6, 6.07) is 0. The van der Waals surface area contributed by atoms with Gasteiger partial charge in [0.25, 0.3) is 5.56 Å². The van der Waals surface area contributed by atoms with E-state index in [1.54, 1.807) is 6.92 Å². The number of nitrogens with zero attached hydrogens (tertiary/aromatic N) is 1. The summed E-state index contributed by atoms with van der Waals surface area (Å²) >= 11 is 0. The standard InChI is InChI=1S/C31H50N2O7/c1-3-4-5-6-7-8-9-10-11-12-13-14-15-16-17-39-25(34)19-29-21-30(37)18-24(40-27(30)31(29,38)22-29)33-20-23(2)26(35)32-28(33)36/h20,24,27,37-38H,3-19,21-22H2,1-2H3,(H,32,35,36)/t24-,27?,29-,30-,31+/m1/s1. The molecule has 1 saturated heterocycles. The van der Waals surface area contributed by atoms with Crippen molar-refractivity contribution in [2.24, 2.45) is 5.41 Å². The SMILES string of the molecule is CCCCCCCCCCCCCCCCOC(=O)C[C@]12C[C@]3(O)C[C@H](n4cc(C)c(=O)[nH]c4=O)OC3[C@@]1(O)C2. The summed E-state index contributed by atoms with van der Waals surface area (Å²) in [7, 11) is 0. The second-order valence-electron chi connectivity index (χ2n) is 12.8. The summed E-state index contributed by atoms with van der Waals surface area (Å²) < 4.78 is 12.7. The Labute approximate surface area is 237 Å². The normalized spacial score (nSPS) is 30.3. The Kier molecular flexibility index (Phi) is 10.3. The first kappa shape index (κ1) is 31.0. The summed E-state index contributed by atoms with van der Waals surface area (Å²) in [5.74, 6) is -0.349. The van der Waals surface area contributed by atoms with Crippen LogP contribution in [0, 0.1) is 12.3 Å². The van der Waals surface area contributed by atoms with E-state index in [0.717, 1.165) is 19.3 Å². The van der Waals surface area contributed by atoms with Crippen LogP contribution in [0.3, 0.4) is 0 Å². The van der Waals surface area contributed by atoms with Crippen molar-refractivity contribution in [2.45, 2.75) is 153 Å². The number of aromatic amines is 1. The Hall–Kier alpha value is -1.97. The average Bonchev–Trinajstić information content (AvgIpc) is 3.20. The van der Waals surface area contributed by atoms with Gasteiger partial charge in [-0.15, -0.1) is 0 Å². The molecule has 1 aromatic rings. The van der Waals surface area contributed by atoms with Crippen molar-refractivity contribution in [3.05, 3.63) is 32.6 Å². The molecule has 2 aliphatic carbocycles. The van der Waals surface area contributed by atoms with Crippen molar-refractivity contribution in [3.8, 4) is 0 Å². The third-order valence-corrected chi connectivity index (χ3v) is 9.49. The number of esters is 1. The Morgan fingerprint density at radius 3 is 2.12 bits per heavy atom. The number of carbonyl (C=O) groups is 1. The van der Waals surface area contributed by atoms with Gasteiger partial charge in [-0.05, 0) is 26.2 Å². The lowest BCUT2D eigenvalue weighted by Crippen LogP contribution is -2.42. The molecule has 0 spiro atoms. The van der Waals surface area contributed by atoms with Crippen LogP contribution in [0.1, 0.15) is 134 Å². The highest BCUT2D eigenvalue weighted by Gasteiger charge is 2.83. The zero-order chi connectivity index (χ0) is 28.8. The molecule has 1 unspecified atom stereocenters. The quantitative estimate of drug-likeness (QED) is 0.173. The lowest BCUT2D eigenvalue weighted by Gasteiger charge is -2.25. The number of aryl methyl sites for hydroxylation is 1. The molecular formula is C31H50N2O7. The molecule has 0 amide bonds. The number of H-pyrrole nitrogens is 1. The molecule has 226 valence electrons. The van der Waals surface area contributed by atoms with E-state index in [9.17, 15) is 24.6 Å². The van der Waals surface area contributed by atoms with Gasteiger partial charge in [0.2, 0.25) is 0 Å². The highest BCUT2D eigenvalue weighted by Crippen LogP contribution is 2.74. The molecule has 2 saturated carbocycles. The monoisotopic (exact) mass is 562 g/mol. The van der Waals surface area contributed by atoms with Gasteiger partial charge in [-0.1, -0.05) is 90.4 Å². The van der Waals surface area contributed by atoms with Gasteiger partial charge in [0, 0.05) is 23.6 Å². The fourth-order valence-electron chi connectivity index (χ4n) is 7.16. The molecule has 0 bridgehead atoms. The number of hydrogen-bond donors (Lipinski definition) is 3. The van der Waals surface area contributed by atoms with Crippen molar-refractivity contribution in [1.82, 2.24) is 9.55 Å². The van der Waals surface area contributed by atoms with Crippen molar-refractivity contribution in [1.29, 1.82) is 0 Å². The average molecular weight is 563 g/mol. The molecule has 1 aromatic heterocycles. The summed E-state index contributed by atoms with van der Waals surface area (Å²) in [4.78, 5) is 38.8. The predicted octanol–water partition coefficient (Wildman–Crippen LogP) is 4.80. The van der Waals surface area contributed by atoms with Crippen LogP contribution in [0.4, 0.5) is 0 Å². The number of nitrogens with one attached hydrogen (secondary N) is 1. The van der Waals surface area contributed by atoms with Gasteiger partial charge in [0.15, 0.2) is 0 Å². The highest BCUT2D eigenvalue weighted by atomic mass is 16.6. The van der Waals surface area contributed by atoms with Gasteiger partial charge in [0.05, 0.1) is 18.6 Å². The Balaban J connectivity index is 1.09. The van der Waals surface area contributed by atoms with E-state index in [-0.39, 0.29) is 25.2 Å². The molecule has 5 atom stereocenters. The molecular weight excluding hydrogens is 512 g/mol. The minimum absolute atomic E-state index is 0.0483. The van der Waals surface area contributed by atoms with Crippen LogP contribution in [-0.2, 0) is 14.3 Å². The van der Waals surface area contributed by atoms with E-state index >= 15 is 0 Å². The van der Waals surface area contributed by atoms with Crippen LogP contribution in [0.15, 0.2) is 15.8 Å². The summed E-state index contributed by atoms with van der Waals surface area (Å²) in [6.07, 6.45) is 18.2. The van der Waals surface area contributed by atoms with Crippen LogP contribution in [0.5, 0.6) is 0 Å². The van der Waals surface area contributed by atoms with Crippen molar-refractivity contribution >= 4 is 5.97 Å². The molecule has 1 aliphatic heterocycles. The van der Waals surface area contributed by atoms with E-state index in [2.05, 4.69) is 11.9 Å². The van der Waals surface area contributed by atoms with Crippen LogP contribution in [-0.4, -0.2) is 49.6 Å². The largest absolute Gasteiger partial charge is 0.466 e. The number of aliphatic hydroxyl groups is 2. The third kappa shape index (κ3) is 6.90. The molecule has 9 heteroatoms. The number of aromatic nitrogens is 2. The molecule has 3 fully saturated rings. The van der Waals surface area contributed by atoms with E-state index < -0.39 is 40.2 Å². The zero-order valence-corrected chi connectivity index (χ0v) is 24.5. The Morgan fingerprint density at radius 2 is 1.55 bits per heavy atom. The maximum Gasteiger partial charge on any atom is 0.330 e. The van der Waals surface area contributed by atoms with Crippen molar-refractivity contribution in [3.63, 3.8) is 0 Å². The first-order valence-corrected chi connectivity index (χ1v) is 15.7. The van der Waals surface area contributed by atoms with Crippen LogP contribution in [0.2, 0.25) is 0 Å². The number of unbranched alkanes of at least 4 members (excludes halogenated alkanes) is 13. The van der Waals surface area contributed by atoms with Crippen molar-refractivity contribution < 1.29 is 24.5 Å². The van der Waals surface area contributed by atoms with Gasteiger partial charge in [-0.2, -0.15) is 0 Å². The minimum Gasteiger partial charge on any atom is -0.466 e. The van der Waals surface area contributed by atoms with Gasteiger partial charge >= 0.3 is 11.7 Å². The highest BCUT2D eigenvalue weighted by molar-refractivity contribution is 5.72. The van der Waals surface area contributed by atoms with Gasteiger partial charge in [-0.3, -0.25) is 19.1 Å². The molecule has 4 rings (SSSR count). The molecule has 0 radical (unpaired) electrons. The number of fused-ring (bicyclic) bond motifs is 3. The minimum atomic E-state index is -1.35. The first-order valence-electron chi connectivity index (χ1n) is 15.7. The number of hydrogen-bond acceptors (Lipinski definition) is 7. The van der Waals surface area contributed by atoms with Gasteiger partial charge in [-0.25, -0.2) is 4.79 Å². The first-order chi connectivity index (χ1) is 19.1. The second-order valence-corrected chi connectivity index (χ2v) is 12.8. The van der Waals surface area contributed by atoms with Gasteiger partial charge in [0.1, 0.15) is 17.9 Å². The van der Waals surface area contributed by atoms with E-state index in [4.69, 9.17) is 9.47 Å². The lowest BCUT2D eigenvalue weighted by atomic mass is 9.88. The molecule has 0 aromatic carbocycles. The fraction of sp³-hybridized carbons (Fsp3) is 0.839. The number of carbonyl (C=O) groups excluding carboxylic acids is 1. The summed E-state index contributed by atoms with van der Waals surface area (Å²) in [5.41, 5.74) is -4.17. The number of ether oxygens (including phenoxy) is 2. The maximum atomic E-state index is 12.6. The topological polar surface area (TPSA) is 131 Å². The van der Waals surface area contributed by atoms with Gasteiger partial charge < -0.3 is 19.7 Å². The lowest BCUT2D eigenvalue weighted by molar-refractivity contribution is -0.146. The van der Waals surface area contributed by atoms with E-state index in [1.807, 2.05) is 0 Å². The molecule has 2 heterocycles. The Bertz CT molecular complexity index is 1120. The van der Waals surface area contributed by atoms with Crippen LogP contribution >= 0.6 is 0 Å².